The molecule has 0 aromatic heterocycles. The first-order chi connectivity index (χ1) is 7.60. The largest absolute Gasteiger partial charge is 0.399 e. The molecule has 2 unspecified atom stereocenters. The van der Waals surface area contributed by atoms with Gasteiger partial charge < -0.3 is 11.1 Å². The number of nitrogens with two attached hydrogens (primary N) is 1. The molecule has 0 spiro atoms. The summed E-state index contributed by atoms with van der Waals surface area (Å²) in [7, 11) is 0. The summed E-state index contributed by atoms with van der Waals surface area (Å²) >= 11 is 3.33. The molecule has 1 amide bonds. The molecule has 1 fully saturated rings. The minimum Gasteiger partial charge on any atom is -0.399 e. The molecule has 86 valence electrons. The van der Waals surface area contributed by atoms with Crippen LogP contribution in [0.2, 0.25) is 0 Å². The van der Waals surface area contributed by atoms with Crippen molar-refractivity contribution < 1.29 is 4.79 Å². The molecule has 4 heteroatoms. The van der Waals surface area contributed by atoms with Gasteiger partial charge in [0.15, 0.2) is 0 Å². The van der Waals surface area contributed by atoms with Crippen molar-refractivity contribution in [3.63, 3.8) is 0 Å². The number of benzene rings is 1. The summed E-state index contributed by atoms with van der Waals surface area (Å²) in [5, 5.41) is 3.01. The molecule has 3 N–H and O–H groups in total. The van der Waals surface area contributed by atoms with Gasteiger partial charge in [-0.05, 0) is 30.5 Å². The highest BCUT2D eigenvalue weighted by atomic mass is 79.9. The lowest BCUT2D eigenvalue weighted by molar-refractivity contribution is 0.0949. The van der Waals surface area contributed by atoms with Gasteiger partial charge in [0.1, 0.15) is 0 Å². The Balaban J connectivity index is 2.04. The van der Waals surface area contributed by atoms with E-state index in [1.54, 1.807) is 18.2 Å². The third kappa shape index (κ3) is 2.55. The summed E-state index contributed by atoms with van der Waals surface area (Å²) in [5.74, 6) is 0.627. The summed E-state index contributed by atoms with van der Waals surface area (Å²) in [6.07, 6.45) is 2.23. The van der Waals surface area contributed by atoms with Crippen LogP contribution < -0.4 is 11.1 Å². The summed E-state index contributed by atoms with van der Waals surface area (Å²) in [6.45, 7) is 2.15. The standard InChI is InChI=1S/C12H15BrN2O/c1-2-7-5-11(7)15-12(16)8-3-9(13)6-10(14)4-8/h3-4,6-7,11H,2,5,14H2,1H3,(H,15,16). The van der Waals surface area contributed by atoms with Crippen molar-refractivity contribution in [1.82, 2.24) is 5.32 Å². The number of nitrogen functional groups attached to an aromatic ring is 1. The van der Waals surface area contributed by atoms with Gasteiger partial charge in [-0.1, -0.05) is 29.3 Å². The third-order valence-corrected chi connectivity index (χ3v) is 3.40. The number of carbonyl (C=O) groups is 1. The van der Waals surface area contributed by atoms with Gasteiger partial charge in [0, 0.05) is 21.8 Å². The molecular weight excluding hydrogens is 268 g/mol. The maximum absolute atomic E-state index is 11.9. The second-order valence-corrected chi connectivity index (χ2v) is 5.17. The molecule has 1 aromatic rings. The van der Waals surface area contributed by atoms with Crippen LogP contribution >= 0.6 is 15.9 Å². The zero-order chi connectivity index (χ0) is 11.7. The molecule has 2 rings (SSSR count). The van der Waals surface area contributed by atoms with Crippen LogP contribution in [0.5, 0.6) is 0 Å². The zero-order valence-electron chi connectivity index (χ0n) is 9.16. The van der Waals surface area contributed by atoms with Gasteiger partial charge in [-0.3, -0.25) is 4.79 Å². The van der Waals surface area contributed by atoms with E-state index in [0.717, 1.165) is 17.3 Å². The van der Waals surface area contributed by atoms with Gasteiger partial charge in [-0.25, -0.2) is 0 Å². The van der Waals surface area contributed by atoms with E-state index in [9.17, 15) is 4.79 Å². The molecule has 2 atom stereocenters. The van der Waals surface area contributed by atoms with Crippen LogP contribution in [0.15, 0.2) is 22.7 Å². The molecule has 0 radical (unpaired) electrons. The van der Waals surface area contributed by atoms with Crippen LogP contribution in [0.1, 0.15) is 30.1 Å². The fourth-order valence-electron chi connectivity index (χ4n) is 1.87. The van der Waals surface area contributed by atoms with Crippen molar-refractivity contribution in [1.29, 1.82) is 0 Å². The maximum Gasteiger partial charge on any atom is 0.251 e. The molecule has 0 aliphatic heterocycles. The van der Waals surface area contributed by atoms with E-state index in [2.05, 4.69) is 28.2 Å². The lowest BCUT2D eigenvalue weighted by Gasteiger charge is -2.05. The predicted molar refractivity (Wildman–Crippen MR) is 68.2 cm³/mol. The Hall–Kier alpha value is -1.03. The van der Waals surface area contributed by atoms with E-state index in [0.29, 0.717) is 23.2 Å². The quantitative estimate of drug-likeness (QED) is 0.838. The molecule has 1 aromatic carbocycles. The number of halogens is 1. The zero-order valence-corrected chi connectivity index (χ0v) is 10.8. The van der Waals surface area contributed by atoms with Crippen LogP contribution in [0.4, 0.5) is 5.69 Å². The lowest BCUT2D eigenvalue weighted by Crippen LogP contribution is -2.26. The molecule has 3 nitrogen and oxygen atoms in total. The van der Waals surface area contributed by atoms with E-state index in [-0.39, 0.29) is 5.91 Å². The maximum atomic E-state index is 11.9. The Bertz CT molecular complexity index is 399. The number of hydrogen-bond acceptors (Lipinski definition) is 2. The second kappa shape index (κ2) is 4.45. The van der Waals surface area contributed by atoms with E-state index >= 15 is 0 Å². The minimum atomic E-state index is -0.0334. The van der Waals surface area contributed by atoms with Crippen molar-refractivity contribution in [3.05, 3.63) is 28.2 Å². The topological polar surface area (TPSA) is 55.1 Å². The van der Waals surface area contributed by atoms with Crippen molar-refractivity contribution in [2.45, 2.75) is 25.8 Å². The van der Waals surface area contributed by atoms with Crippen molar-refractivity contribution in [2.24, 2.45) is 5.92 Å². The SMILES string of the molecule is CCC1CC1NC(=O)c1cc(N)cc(Br)c1. The average Bonchev–Trinajstić information content (AvgIpc) is 2.95. The molecule has 1 aliphatic rings. The van der Waals surface area contributed by atoms with E-state index < -0.39 is 0 Å². The highest BCUT2D eigenvalue weighted by Gasteiger charge is 2.36. The molecule has 1 aliphatic carbocycles. The van der Waals surface area contributed by atoms with Crippen LogP contribution in [-0.4, -0.2) is 11.9 Å². The Morgan fingerprint density at radius 1 is 1.56 bits per heavy atom. The van der Waals surface area contributed by atoms with Gasteiger partial charge >= 0.3 is 0 Å². The number of carbonyl (C=O) groups excluding carboxylic acids is 1. The van der Waals surface area contributed by atoms with E-state index in [1.807, 2.05) is 0 Å². The molecule has 0 saturated heterocycles. The molecular formula is C12H15BrN2O. The van der Waals surface area contributed by atoms with E-state index in [4.69, 9.17) is 5.73 Å². The number of nitrogens with one attached hydrogen (secondary N) is 1. The van der Waals surface area contributed by atoms with Gasteiger partial charge in [-0.2, -0.15) is 0 Å². The first-order valence-corrected chi connectivity index (χ1v) is 6.26. The van der Waals surface area contributed by atoms with Gasteiger partial charge in [-0.15, -0.1) is 0 Å². The molecule has 0 heterocycles. The fraction of sp³-hybridized carbons (Fsp3) is 0.417. The number of hydrogen-bond donors (Lipinski definition) is 2. The van der Waals surface area contributed by atoms with Gasteiger partial charge in [0.2, 0.25) is 0 Å². The predicted octanol–water partition coefficient (Wildman–Crippen LogP) is 2.56. The first kappa shape index (κ1) is 11.5. The number of rotatable bonds is 3. The fourth-order valence-corrected chi connectivity index (χ4v) is 2.38. The van der Waals surface area contributed by atoms with Crippen molar-refractivity contribution >= 4 is 27.5 Å². The summed E-state index contributed by atoms with van der Waals surface area (Å²) in [4.78, 5) is 11.9. The Kier molecular flexibility index (Phi) is 3.19. The normalized spacial score (nSPS) is 22.9. The van der Waals surface area contributed by atoms with E-state index in [1.165, 1.54) is 0 Å². The monoisotopic (exact) mass is 282 g/mol. The molecule has 0 bridgehead atoms. The number of anilines is 1. The molecule has 1 saturated carbocycles. The highest BCUT2D eigenvalue weighted by Crippen LogP contribution is 2.33. The summed E-state index contributed by atoms with van der Waals surface area (Å²) in [6, 6.07) is 5.62. The summed E-state index contributed by atoms with van der Waals surface area (Å²) in [5.41, 5.74) is 6.91. The average molecular weight is 283 g/mol. The van der Waals surface area contributed by atoms with Crippen LogP contribution in [0, 0.1) is 5.92 Å². The Labute approximate surface area is 104 Å². The Morgan fingerprint density at radius 3 is 2.88 bits per heavy atom. The second-order valence-electron chi connectivity index (χ2n) is 4.26. The van der Waals surface area contributed by atoms with Gasteiger partial charge in [0.25, 0.3) is 5.91 Å². The smallest absolute Gasteiger partial charge is 0.251 e. The highest BCUT2D eigenvalue weighted by molar-refractivity contribution is 9.10. The Morgan fingerprint density at radius 2 is 2.31 bits per heavy atom. The first-order valence-electron chi connectivity index (χ1n) is 5.47. The number of amides is 1. The van der Waals surface area contributed by atoms with Crippen LogP contribution in [-0.2, 0) is 0 Å². The minimum absolute atomic E-state index is 0.0334. The van der Waals surface area contributed by atoms with Gasteiger partial charge in [0.05, 0.1) is 0 Å². The van der Waals surface area contributed by atoms with Crippen molar-refractivity contribution in [3.8, 4) is 0 Å². The van der Waals surface area contributed by atoms with Crippen LogP contribution in [0.25, 0.3) is 0 Å². The van der Waals surface area contributed by atoms with Crippen molar-refractivity contribution in [2.75, 3.05) is 5.73 Å². The molecule has 16 heavy (non-hydrogen) atoms. The lowest BCUT2D eigenvalue weighted by atomic mass is 10.2. The van der Waals surface area contributed by atoms with Crippen LogP contribution in [0.3, 0.4) is 0 Å². The third-order valence-electron chi connectivity index (χ3n) is 2.95. The summed E-state index contributed by atoms with van der Waals surface area (Å²) < 4.78 is 0.834.